The molecule has 144 valence electrons. The lowest BCUT2D eigenvalue weighted by Gasteiger charge is -2.36. The first-order valence-corrected chi connectivity index (χ1v) is 9.66. The Morgan fingerprint density at radius 1 is 0.964 bits per heavy atom. The molecule has 0 atom stereocenters. The normalized spacial score (nSPS) is 14.8. The Morgan fingerprint density at radius 2 is 1.68 bits per heavy atom. The van der Waals surface area contributed by atoms with E-state index in [1.165, 1.54) is 17.5 Å². The van der Waals surface area contributed by atoms with Crippen molar-refractivity contribution >= 4 is 17.3 Å². The molecule has 0 radical (unpaired) electrons. The zero-order valence-corrected chi connectivity index (χ0v) is 16.1. The van der Waals surface area contributed by atoms with Crippen molar-refractivity contribution in [3.05, 3.63) is 83.8 Å². The molecule has 2 aromatic carbocycles. The summed E-state index contributed by atoms with van der Waals surface area (Å²) in [6.45, 7) is 6.97. The fourth-order valence-electron chi connectivity index (χ4n) is 3.55. The second-order valence-electron chi connectivity index (χ2n) is 7.18. The van der Waals surface area contributed by atoms with Gasteiger partial charge in [0, 0.05) is 49.7 Å². The van der Waals surface area contributed by atoms with Crippen molar-refractivity contribution in [2.75, 3.05) is 36.4 Å². The summed E-state index contributed by atoms with van der Waals surface area (Å²) in [7, 11) is 0. The van der Waals surface area contributed by atoms with Crippen LogP contribution in [0, 0.1) is 6.92 Å². The van der Waals surface area contributed by atoms with Crippen LogP contribution < -0.4 is 10.2 Å². The molecule has 0 aliphatic carbocycles. The van der Waals surface area contributed by atoms with Gasteiger partial charge in [0.25, 0.3) is 5.91 Å². The zero-order chi connectivity index (χ0) is 19.3. The number of piperazine rings is 1. The molecule has 5 heteroatoms. The van der Waals surface area contributed by atoms with Gasteiger partial charge in [0.05, 0.1) is 6.26 Å². The highest BCUT2D eigenvalue weighted by Crippen LogP contribution is 2.21. The molecule has 28 heavy (non-hydrogen) atoms. The second-order valence-corrected chi connectivity index (χ2v) is 7.18. The fraction of sp³-hybridized carbons (Fsp3) is 0.261. The number of nitrogens with zero attached hydrogens (tertiary/aromatic N) is 2. The Bertz CT molecular complexity index is 911. The van der Waals surface area contributed by atoms with Crippen LogP contribution in [0.1, 0.15) is 21.7 Å². The molecule has 0 saturated carbocycles. The molecule has 1 amide bonds. The quantitative estimate of drug-likeness (QED) is 0.727. The van der Waals surface area contributed by atoms with Gasteiger partial charge in [-0.25, -0.2) is 0 Å². The molecule has 4 rings (SSSR count). The number of anilines is 2. The number of aryl methyl sites for hydroxylation is 1. The monoisotopic (exact) mass is 375 g/mol. The Balaban J connectivity index is 1.31. The van der Waals surface area contributed by atoms with Gasteiger partial charge in [0.15, 0.2) is 5.76 Å². The molecule has 1 aliphatic rings. The van der Waals surface area contributed by atoms with Crippen molar-refractivity contribution in [1.82, 2.24) is 4.90 Å². The lowest BCUT2D eigenvalue weighted by molar-refractivity contribution is 0.0996. The first-order valence-electron chi connectivity index (χ1n) is 9.66. The maximum atomic E-state index is 12.2. The molecule has 0 unspecified atom stereocenters. The highest BCUT2D eigenvalue weighted by Gasteiger charge is 2.18. The summed E-state index contributed by atoms with van der Waals surface area (Å²) >= 11 is 0. The second kappa shape index (κ2) is 8.31. The Kier molecular flexibility index (Phi) is 5.44. The van der Waals surface area contributed by atoms with Gasteiger partial charge >= 0.3 is 0 Å². The van der Waals surface area contributed by atoms with Crippen LogP contribution in [0.3, 0.4) is 0 Å². The summed E-state index contributed by atoms with van der Waals surface area (Å²) in [6.07, 6.45) is 1.53. The Morgan fingerprint density at radius 3 is 2.32 bits per heavy atom. The first-order chi connectivity index (χ1) is 13.7. The van der Waals surface area contributed by atoms with Gasteiger partial charge in [-0.1, -0.05) is 30.3 Å². The van der Waals surface area contributed by atoms with Crippen LogP contribution in [0.25, 0.3) is 0 Å². The summed E-state index contributed by atoms with van der Waals surface area (Å²) < 4.78 is 5.24. The van der Waals surface area contributed by atoms with Gasteiger partial charge in [-0.15, -0.1) is 0 Å². The van der Waals surface area contributed by atoms with Gasteiger partial charge in [-0.2, -0.15) is 0 Å². The third-order valence-corrected chi connectivity index (χ3v) is 5.18. The highest BCUT2D eigenvalue weighted by molar-refractivity contribution is 6.03. The van der Waals surface area contributed by atoms with Crippen LogP contribution in [-0.4, -0.2) is 37.0 Å². The van der Waals surface area contributed by atoms with Crippen molar-refractivity contribution in [2.45, 2.75) is 13.5 Å². The number of benzene rings is 2. The molecule has 2 heterocycles. The van der Waals surface area contributed by atoms with Crippen LogP contribution >= 0.6 is 0 Å². The number of carbonyl (C=O) groups is 1. The van der Waals surface area contributed by atoms with Crippen molar-refractivity contribution in [1.29, 1.82) is 0 Å². The van der Waals surface area contributed by atoms with Crippen molar-refractivity contribution in [2.24, 2.45) is 0 Å². The highest BCUT2D eigenvalue weighted by atomic mass is 16.3. The number of hydrogen-bond donors (Lipinski definition) is 1. The summed E-state index contributed by atoms with van der Waals surface area (Å²) in [5.41, 5.74) is 4.16. The molecular formula is C23H25N3O2. The van der Waals surface area contributed by atoms with E-state index in [0.29, 0.717) is 5.76 Å². The third-order valence-electron chi connectivity index (χ3n) is 5.18. The number of rotatable bonds is 5. The van der Waals surface area contributed by atoms with Crippen molar-refractivity contribution < 1.29 is 9.21 Å². The number of nitrogens with one attached hydrogen (secondary N) is 1. The molecule has 1 aliphatic heterocycles. The smallest absolute Gasteiger partial charge is 0.291 e. The summed E-state index contributed by atoms with van der Waals surface area (Å²) in [5, 5.41) is 2.89. The van der Waals surface area contributed by atoms with Crippen LogP contribution in [0.4, 0.5) is 11.4 Å². The molecule has 1 saturated heterocycles. The maximum absolute atomic E-state index is 12.2. The Labute approximate surface area is 165 Å². The molecule has 1 aromatic heterocycles. The minimum atomic E-state index is -0.218. The minimum absolute atomic E-state index is 0.218. The number of carbonyl (C=O) groups excluding carboxylic acids is 1. The zero-order valence-electron chi connectivity index (χ0n) is 16.1. The van der Waals surface area contributed by atoms with E-state index in [4.69, 9.17) is 4.42 Å². The van der Waals surface area contributed by atoms with Crippen molar-refractivity contribution in [3.8, 4) is 0 Å². The molecule has 0 bridgehead atoms. The van der Waals surface area contributed by atoms with E-state index in [2.05, 4.69) is 57.6 Å². The Hall–Kier alpha value is -3.05. The van der Waals surface area contributed by atoms with E-state index in [9.17, 15) is 4.79 Å². The lowest BCUT2D eigenvalue weighted by atomic mass is 10.2. The predicted molar refractivity (Wildman–Crippen MR) is 112 cm³/mol. The summed E-state index contributed by atoms with van der Waals surface area (Å²) in [6, 6.07) is 20.4. The topological polar surface area (TPSA) is 48.7 Å². The summed E-state index contributed by atoms with van der Waals surface area (Å²) in [4.78, 5) is 17.1. The number of hydrogen-bond acceptors (Lipinski definition) is 4. The standard InChI is InChI=1S/C23H25N3O2/c1-18-11-16-28-22(18)23(27)24-20-7-9-21(10-8-20)26-14-12-25(13-15-26)17-19-5-3-2-4-6-19/h2-11,16H,12-15,17H2,1H3,(H,24,27). The molecule has 5 nitrogen and oxygen atoms in total. The van der Waals surface area contributed by atoms with E-state index in [1.54, 1.807) is 6.07 Å². The van der Waals surface area contributed by atoms with Crippen molar-refractivity contribution in [3.63, 3.8) is 0 Å². The minimum Gasteiger partial charge on any atom is -0.459 e. The van der Waals surface area contributed by atoms with E-state index in [1.807, 2.05) is 19.1 Å². The lowest BCUT2D eigenvalue weighted by Crippen LogP contribution is -2.45. The van der Waals surface area contributed by atoms with Crippen LogP contribution in [0.2, 0.25) is 0 Å². The average molecular weight is 375 g/mol. The number of furan rings is 1. The van der Waals surface area contributed by atoms with Crippen LogP contribution in [-0.2, 0) is 6.54 Å². The van der Waals surface area contributed by atoms with E-state index in [0.717, 1.165) is 44.0 Å². The maximum Gasteiger partial charge on any atom is 0.291 e. The first kappa shape index (κ1) is 18.3. The van der Waals surface area contributed by atoms with Gasteiger partial charge in [0.1, 0.15) is 0 Å². The largest absolute Gasteiger partial charge is 0.459 e. The fourth-order valence-corrected chi connectivity index (χ4v) is 3.55. The molecule has 1 N–H and O–H groups in total. The molecule has 1 fully saturated rings. The van der Waals surface area contributed by atoms with Gasteiger partial charge in [0.2, 0.25) is 0 Å². The van der Waals surface area contributed by atoms with E-state index >= 15 is 0 Å². The number of amides is 1. The van der Waals surface area contributed by atoms with E-state index < -0.39 is 0 Å². The van der Waals surface area contributed by atoms with Gasteiger partial charge in [-0.3, -0.25) is 9.69 Å². The van der Waals surface area contributed by atoms with E-state index in [-0.39, 0.29) is 5.91 Å². The van der Waals surface area contributed by atoms with Gasteiger partial charge < -0.3 is 14.6 Å². The SMILES string of the molecule is Cc1ccoc1C(=O)Nc1ccc(N2CCN(Cc3ccccc3)CC2)cc1. The molecule has 3 aromatic rings. The molecular weight excluding hydrogens is 350 g/mol. The third kappa shape index (κ3) is 4.26. The summed E-state index contributed by atoms with van der Waals surface area (Å²) in [5.74, 6) is 0.142. The predicted octanol–water partition coefficient (Wildman–Crippen LogP) is 4.16. The van der Waals surface area contributed by atoms with Crippen LogP contribution in [0.5, 0.6) is 0 Å². The average Bonchev–Trinajstić information content (AvgIpc) is 3.16. The van der Waals surface area contributed by atoms with Crippen LogP contribution in [0.15, 0.2) is 71.3 Å². The molecule has 0 spiro atoms. The van der Waals surface area contributed by atoms with Gasteiger partial charge in [-0.05, 0) is 42.8 Å².